The molecule has 0 aliphatic carbocycles. The quantitative estimate of drug-likeness (QED) is 0.668. The van der Waals surface area contributed by atoms with Crippen LogP contribution in [0.4, 0.5) is 0 Å². The molecular formula is C12H7NO4. The number of furan rings is 1. The fourth-order valence-electron chi connectivity index (χ4n) is 1.87. The lowest BCUT2D eigenvalue weighted by atomic mass is 10.1. The van der Waals surface area contributed by atoms with Crippen molar-refractivity contribution in [2.45, 2.75) is 0 Å². The van der Waals surface area contributed by atoms with Crippen LogP contribution in [0.15, 0.2) is 39.5 Å². The number of pyridine rings is 1. The Morgan fingerprint density at radius 1 is 1.24 bits per heavy atom. The summed E-state index contributed by atoms with van der Waals surface area (Å²) in [4.78, 5) is 25.1. The Kier molecular flexibility index (Phi) is 1.82. The van der Waals surface area contributed by atoms with Gasteiger partial charge in [0.25, 0.3) is 5.56 Å². The van der Waals surface area contributed by atoms with Crippen molar-refractivity contribution >= 4 is 27.8 Å². The first-order chi connectivity index (χ1) is 8.16. The second-order valence-electron chi connectivity index (χ2n) is 3.66. The van der Waals surface area contributed by atoms with Crippen LogP contribution in [-0.2, 0) is 0 Å². The van der Waals surface area contributed by atoms with Crippen molar-refractivity contribution < 1.29 is 14.3 Å². The van der Waals surface area contributed by atoms with E-state index in [0.29, 0.717) is 10.9 Å². The molecule has 0 aliphatic heterocycles. The van der Waals surface area contributed by atoms with Crippen LogP contribution in [-0.4, -0.2) is 16.1 Å². The van der Waals surface area contributed by atoms with Crippen molar-refractivity contribution in [3.63, 3.8) is 0 Å². The number of carboxylic acid groups (broad SMARTS) is 1. The first-order valence-corrected chi connectivity index (χ1v) is 4.94. The third kappa shape index (κ3) is 1.32. The van der Waals surface area contributed by atoms with E-state index in [4.69, 9.17) is 9.52 Å². The van der Waals surface area contributed by atoms with Gasteiger partial charge in [0.05, 0.1) is 0 Å². The molecule has 0 spiro atoms. The molecule has 3 aromatic rings. The van der Waals surface area contributed by atoms with Crippen LogP contribution in [0, 0.1) is 0 Å². The van der Waals surface area contributed by atoms with E-state index >= 15 is 0 Å². The van der Waals surface area contributed by atoms with Gasteiger partial charge in [-0.05, 0) is 6.07 Å². The van der Waals surface area contributed by atoms with Gasteiger partial charge in [-0.2, -0.15) is 0 Å². The second-order valence-corrected chi connectivity index (χ2v) is 3.66. The first-order valence-electron chi connectivity index (χ1n) is 4.94. The number of rotatable bonds is 1. The highest BCUT2D eigenvalue weighted by molar-refractivity contribution is 6.05. The number of nitrogens with one attached hydrogen (secondary N) is 1. The Morgan fingerprint density at radius 2 is 2.00 bits per heavy atom. The lowest BCUT2D eigenvalue weighted by Crippen LogP contribution is -2.04. The Hall–Kier alpha value is -2.56. The summed E-state index contributed by atoms with van der Waals surface area (Å²) in [5, 5.41) is 10.1. The summed E-state index contributed by atoms with van der Waals surface area (Å²) >= 11 is 0. The number of aromatic carboxylic acids is 1. The average Bonchev–Trinajstić information content (AvgIpc) is 2.75. The van der Waals surface area contributed by atoms with E-state index in [0.717, 1.165) is 5.39 Å². The predicted molar refractivity (Wildman–Crippen MR) is 61.3 cm³/mol. The fourth-order valence-corrected chi connectivity index (χ4v) is 1.87. The summed E-state index contributed by atoms with van der Waals surface area (Å²) in [5.74, 6) is -1.42. The van der Waals surface area contributed by atoms with E-state index in [9.17, 15) is 9.59 Å². The zero-order valence-electron chi connectivity index (χ0n) is 8.56. The van der Waals surface area contributed by atoms with Crippen molar-refractivity contribution in [1.29, 1.82) is 0 Å². The summed E-state index contributed by atoms with van der Waals surface area (Å²) < 4.78 is 5.03. The third-order valence-corrected chi connectivity index (χ3v) is 2.61. The third-order valence-electron chi connectivity index (χ3n) is 2.61. The molecule has 0 radical (unpaired) electrons. The van der Waals surface area contributed by atoms with Crippen LogP contribution in [0.2, 0.25) is 0 Å². The van der Waals surface area contributed by atoms with Crippen molar-refractivity contribution in [2.75, 3.05) is 0 Å². The molecule has 0 saturated carbocycles. The SMILES string of the molecule is O=C(O)c1cc2c(o1)c(=O)[nH]c1ccccc12. The van der Waals surface area contributed by atoms with Gasteiger partial charge in [-0.15, -0.1) is 0 Å². The van der Waals surface area contributed by atoms with E-state index in [2.05, 4.69) is 4.98 Å². The van der Waals surface area contributed by atoms with Gasteiger partial charge in [0, 0.05) is 22.4 Å². The Balaban J connectivity index is 2.56. The Labute approximate surface area is 94.3 Å². The van der Waals surface area contributed by atoms with Gasteiger partial charge in [-0.25, -0.2) is 4.79 Å². The molecule has 5 heteroatoms. The minimum Gasteiger partial charge on any atom is -0.475 e. The number of benzene rings is 1. The van der Waals surface area contributed by atoms with Crippen LogP contribution in [0.1, 0.15) is 10.6 Å². The standard InChI is InChI=1S/C12H7NO4/c14-11-10-7(5-9(17-10)12(15)16)6-3-1-2-4-8(6)13-11/h1-5H,(H,13,14)(H,15,16). The number of para-hydroxylation sites is 1. The number of fused-ring (bicyclic) bond motifs is 3. The topological polar surface area (TPSA) is 83.3 Å². The normalized spacial score (nSPS) is 11.1. The highest BCUT2D eigenvalue weighted by atomic mass is 16.4. The molecule has 5 nitrogen and oxygen atoms in total. The summed E-state index contributed by atoms with van der Waals surface area (Å²) in [6.45, 7) is 0. The lowest BCUT2D eigenvalue weighted by Gasteiger charge is -1.96. The molecule has 2 aromatic heterocycles. The maximum absolute atomic E-state index is 11.7. The fraction of sp³-hybridized carbons (Fsp3) is 0. The van der Waals surface area contributed by atoms with E-state index in [1.54, 1.807) is 18.2 Å². The smallest absolute Gasteiger partial charge is 0.371 e. The summed E-state index contributed by atoms with van der Waals surface area (Å²) in [6, 6.07) is 8.53. The maximum Gasteiger partial charge on any atom is 0.371 e. The second kappa shape index (κ2) is 3.21. The van der Waals surface area contributed by atoms with Gasteiger partial charge in [-0.1, -0.05) is 18.2 Å². The molecule has 0 amide bonds. The molecule has 0 fully saturated rings. The molecule has 2 N–H and O–H groups in total. The van der Waals surface area contributed by atoms with Gasteiger partial charge in [0.15, 0.2) is 0 Å². The van der Waals surface area contributed by atoms with E-state index < -0.39 is 11.5 Å². The van der Waals surface area contributed by atoms with Crippen molar-refractivity contribution in [3.8, 4) is 0 Å². The monoisotopic (exact) mass is 229 g/mol. The number of hydrogen-bond donors (Lipinski definition) is 2. The molecule has 0 bridgehead atoms. The Bertz CT molecular complexity index is 797. The van der Waals surface area contributed by atoms with Gasteiger partial charge in [0.1, 0.15) is 0 Å². The van der Waals surface area contributed by atoms with E-state index in [1.807, 2.05) is 6.07 Å². The van der Waals surface area contributed by atoms with Crippen LogP contribution in [0.25, 0.3) is 21.9 Å². The number of hydrogen-bond acceptors (Lipinski definition) is 3. The van der Waals surface area contributed by atoms with Crippen molar-refractivity contribution in [3.05, 3.63) is 46.4 Å². The van der Waals surface area contributed by atoms with E-state index in [1.165, 1.54) is 6.07 Å². The Morgan fingerprint density at radius 3 is 2.76 bits per heavy atom. The molecule has 84 valence electrons. The summed E-state index contributed by atoms with van der Waals surface area (Å²) in [5.41, 5.74) is 0.273. The minimum absolute atomic E-state index is 0.0427. The van der Waals surface area contributed by atoms with Gasteiger partial charge in [0.2, 0.25) is 11.3 Å². The summed E-state index contributed by atoms with van der Waals surface area (Å²) in [6.07, 6.45) is 0. The molecule has 0 aliphatic rings. The van der Waals surface area contributed by atoms with Gasteiger partial charge >= 0.3 is 5.97 Å². The molecule has 0 atom stereocenters. The zero-order valence-corrected chi connectivity index (χ0v) is 8.56. The minimum atomic E-state index is -1.19. The van der Waals surface area contributed by atoms with Gasteiger partial charge in [-0.3, -0.25) is 4.79 Å². The number of H-pyrrole nitrogens is 1. The number of aromatic amines is 1. The molecule has 3 rings (SSSR count). The highest BCUT2D eigenvalue weighted by Crippen LogP contribution is 2.23. The van der Waals surface area contributed by atoms with Crippen LogP contribution >= 0.6 is 0 Å². The van der Waals surface area contributed by atoms with Crippen LogP contribution in [0.3, 0.4) is 0 Å². The maximum atomic E-state index is 11.7. The zero-order chi connectivity index (χ0) is 12.0. The molecule has 2 heterocycles. The summed E-state index contributed by atoms with van der Waals surface area (Å²) in [7, 11) is 0. The van der Waals surface area contributed by atoms with Gasteiger partial charge < -0.3 is 14.5 Å². The molecule has 1 aromatic carbocycles. The van der Waals surface area contributed by atoms with Crippen LogP contribution < -0.4 is 5.56 Å². The number of carboxylic acids is 1. The number of carbonyl (C=O) groups is 1. The van der Waals surface area contributed by atoms with Crippen LogP contribution in [0.5, 0.6) is 0 Å². The molecule has 0 unspecified atom stereocenters. The first kappa shape index (κ1) is 9.65. The molecule has 17 heavy (non-hydrogen) atoms. The van der Waals surface area contributed by atoms with E-state index in [-0.39, 0.29) is 11.3 Å². The molecule has 0 saturated heterocycles. The van der Waals surface area contributed by atoms with Crippen molar-refractivity contribution in [1.82, 2.24) is 4.98 Å². The lowest BCUT2D eigenvalue weighted by molar-refractivity contribution is 0.0665. The largest absolute Gasteiger partial charge is 0.475 e. The number of aromatic nitrogens is 1. The van der Waals surface area contributed by atoms with Crippen molar-refractivity contribution in [2.24, 2.45) is 0 Å². The average molecular weight is 229 g/mol. The highest BCUT2D eigenvalue weighted by Gasteiger charge is 2.15. The molecular weight excluding hydrogens is 222 g/mol. The predicted octanol–water partition coefficient (Wildman–Crippen LogP) is 1.97.